The second-order valence-corrected chi connectivity index (χ2v) is 3.85. The number of nitrogens with one attached hydrogen (secondary N) is 1. The first-order chi connectivity index (χ1) is 8.82. The smallest absolute Gasteiger partial charge is 0.336 e. The number of nitro groups is 1. The summed E-state index contributed by atoms with van der Waals surface area (Å²) in [6, 6.07) is 2.93. The number of aliphatic hydroxyl groups is 1. The van der Waals surface area contributed by atoms with E-state index < -0.39 is 34.2 Å². The van der Waals surface area contributed by atoms with Gasteiger partial charge in [-0.2, -0.15) is 0 Å². The second kappa shape index (κ2) is 5.91. The molecule has 1 unspecified atom stereocenters. The number of aromatic carboxylic acids is 1. The highest BCUT2D eigenvalue weighted by atomic mass is 16.6. The average Bonchev–Trinajstić information content (AvgIpc) is 2.34. The first kappa shape index (κ1) is 14.6. The number of benzene rings is 1. The maximum Gasteiger partial charge on any atom is 0.336 e. The SMILES string of the molecule is CC(O)CNC(=O)c1ccc([N+](=O)[O-])cc1C(=O)O. The Morgan fingerprint density at radius 2 is 2.05 bits per heavy atom. The first-order valence-electron chi connectivity index (χ1n) is 5.31. The van der Waals surface area contributed by atoms with Gasteiger partial charge in [0.1, 0.15) is 0 Å². The highest BCUT2D eigenvalue weighted by Gasteiger charge is 2.20. The van der Waals surface area contributed by atoms with Crippen molar-refractivity contribution in [2.24, 2.45) is 0 Å². The number of nitro benzene ring substituents is 1. The normalized spacial score (nSPS) is 11.7. The minimum atomic E-state index is -1.44. The summed E-state index contributed by atoms with van der Waals surface area (Å²) in [4.78, 5) is 32.5. The molecule has 8 nitrogen and oxygen atoms in total. The van der Waals surface area contributed by atoms with Gasteiger partial charge in [0, 0.05) is 18.7 Å². The molecule has 102 valence electrons. The van der Waals surface area contributed by atoms with Crippen LogP contribution >= 0.6 is 0 Å². The van der Waals surface area contributed by atoms with Crippen molar-refractivity contribution in [1.29, 1.82) is 0 Å². The van der Waals surface area contributed by atoms with Crippen LogP contribution in [-0.4, -0.2) is 39.7 Å². The molecule has 0 saturated carbocycles. The maximum absolute atomic E-state index is 11.7. The number of carboxylic acids is 1. The highest BCUT2D eigenvalue weighted by Crippen LogP contribution is 2.18. The van der Waals surface area contributed by atoms with Gasteiger partial charge in [0.2, 0.25) is 0 Å². The largest absolute Gasteiger partial charge is 0.478 e. The summed E-state index contributed by atoms with van der Waals surface area (Å²) in [7, 11) is 0. The molecule has 0 aliphatic heterocycles. The molecule has 3 N–H and O–H groups in total. The van der Waals surface area contributed by atoms with Gasteiger partial charge in [0.25, 0.3) is 11.6 Å². The molecule has 0 spiro atoms. The van der Waals surface area contributed by atoms with Gasteiger partial charge >= 0.3 is 5.97 Å². The summed E-state index contributed by atoms with van der Waals surface area (Å²) in [5.41, 5.74) is -1.07. The third-order valence-corrected chi connectivity index (χ3v) is 2.25. The number of hydrogen-bond acceptors (Lipinski definition) is 5. The fraction of sp³-hybridized carbons (Fsp3) is 0.273. The minimum absolute atomic E-state index is 0.0467. The minimum Gasteiger partial charge on any atom is -0.478 e. The Morgan fingerprint density at radius 1 is 1.42 bits per heavy atom. The van der Waals surface area contributed by atoms with E-state index in [9.17, 15) is 19.7 Å². The number of hydrogen-bond donors (Lipinski definition) is 3. The molecule has 0 aromatic heterocycles. The number of amides is 1. The highest BCUT2D eigenvalue weighted by molar-refractivity contribution is 6.05. The van der Waals surface area contributed by atoms with Gasteiger partial charge in [0.05, 0.1) is 22.2 Å². The van der Waals surface area contributed by atoms with Crippen LogP contribution in [0, 0.1) is 10.1 Å². The number of carboxylic acid groups (broad SMARTS) is 1. The molecule has 1 atom stereocenters. The molecule has 8 heteroatoms. The third kappa shape index (κ3) is 3.75. The van der Waals surface area contributed by atoms with Crippen LogP contribution in [-0.2, 0) is 0 Å². The van der Waals surface area contributed by atoms with Gasteiger partial charge in [-0.3, -0.25) is 14.9 Å². The predicted octanol–water partition coefficient (Wildman–Crippen LogP) is 0.404. The first-order valence-corrected chi connectivity index (χ1v) is 5.31. The fourth-order valence-electron chi connectivity index (χ4n) is 1.36. The van der Waals surface area contributed by atoms with Crippen LogP contribution in [0.25, 0.3) is 0 Å². The molecule has 0 aliphatic rings. The van der Waals surface area contributed by atoms with E-state index in [0.717, 1.165) is 18.2 Å². The summed E-state index contributed by atoms with van der Waals surface area (Å²) in [5, 5.41) is 30.8. The van der Waals surface area contributed by atoms with Crippen LogP contribution in [0.5, 0.6) is 0 Å². The molecule has 0 fully saturated rings. The molecular weight excluding hydrogens is 256 g/mol. The fourth-order valence-corrected chi connectivity index (χ4v) is 1.36. The number of carbonyl (C=O) groups is 2. The lowest BCUT2D eigenvalue weighted by Gasteiger charge is -2.09. The van der Waals surface area contributed by atoms with Crippen molar-refractivity contribution in [3.05, 3.63) is 39.4 Å². The topological polar surface area (TPSA) is 130 Å². The van der Waals surface area contributed by atoms with Gasteiger partial charge < -0.3 is 15.5 Å². The lowest BCUT2D eigenvalue weighted by atomic mass is 10.1. The third-order valence-electron chi connectivity index (χ3n) is 2.25. The molecule has 0 bridgehead atoms. The van der Waals surface area contributed by atoms with Crippen molar-refractivity contribution in [3.63, 3.8) is 0 Å². The van der Waals surface area contributed by atoms with E-state index in [1.807, 2.05) is 0 Å². The zero-order valence-electron chi connectivity index (χ0n) is 9.99. The molecule has 1 aromatic rings. The predicted molar refractivity (Wildman–Crippen MR) is 64.1 cm³/mol. The van der Waals surface area contributed by atoms with Crippen molar-refractivity contribution in [2.45, 2.75) is 13.0 Å². The summed E-state index contributed by atoms with van der Waals surface area (Å²) in [6.07, 6.45) is -0.782. The van der Waals surface area contributed by atoms with Crippen LogP contribution in [0.1, 0.15) is 27.6 Å². The van der Waals surface area contributed by atoms with E-state index in [0.29, 0.717) is 0 Å². The molecule has 1 rings (SSSR count). The van der Waals surface area contributed by atoms with E-state index >= 15 is 0 Å². The monoisotopic (exact) mass is 268 g/mol. The van der Waals surface area contributed by atoms with E-state index in [4.69, 9.17) is 10.2 Å². The molecular formula is C11H12N2O6. The van der Waals surface area contributed by atoms with Crippen molar-refractivity contribution in [3.8, 4) is 0 Å². The molecule has 1 amide bonds. The Labute approximate surface area is 107 Å². The number of non-ortho nitro benzene ring substituents is 1. The number of aliphatic hydroxyl groups excluding tert-OH is 1. The Morgan fingerprint density at radius 3 is 2.53 bits per heavy atom. The van der Waals surface area contributed by atoms with Crippen LogP contribution in [0.3, 0.4) is 0 Å². The number of rotatable bonds is 5. The Balaban J connectivity index is 3.09. The lowest BCUT2D eigenvalue weighted by Crippen LogP contribution is -2.31. The quantitative estimate of drug-likeness (QED) is 0.523. The van der Waals surface area contributed by atoms with Crippen LogP contribution < -0.4 is 5.32 Å². The molecule has 1 aromatic carbocycles. The van der Waals surface area contributed by atoms with Crippen molar-refractivity contribution in [2.75, 3.05) is 6.54 Å². The van der Waals surface area contributed by atoms with Gasteiger partial charge in [-0.25, -0.2) is 4.79 Å². The average molecular weight is 268 g/mol. The van der Waals surface area contributed by atoms with Gasteiger partial charge in [-0.05, 0) is 13.0 Å². The molecule has 0 saturated heterocycles. The standard InChI is InChI=1S/C11H12N2O6/c1-6(14)5-12-10(15)8-3-2-7(13(18)19)4-9(8)11(16)17/h2-4,6,14H,5H2,1H3,(H,12,15)(H,16,17). The van der Waals surface area contributed by atoms with Gasteiger partial charge in [-0.1, -0.05) is 0 Å². The van der Waals surface area contributed by atoms with E-state index in [-0.39, 0.29) is 12.1 Å². The van der Waals surface area contributed by atoms with E-state index in [1.165, 1.54) is 6.92 Å². The second-order valence-electron chi connectivity index (χ2n) is 3.85. The molecule has 19 heavy (non-hydrogen) atoms. The zero-order chi connectivity index (χ0) is 14.6. The summed E-state index contributed by atoms with van der Waals surface area (Å²) < 4.78 is 0. The Bertz CT molecular complexity index is 526. The summed E-state index contributed by atoms with van der Waals surface area (Å²) >= 11 is 0. The van der Waals surface area contributed by atoms with Gasteiger partial charge in [0.15, 0.2) is 0 Å². The number of carbonyl (C=O) groups excluding carboxylic acids is 1. The zero-order valence-corrected chi connectivity index (χ0v) is 9.99. The van der Waals surface area contributed by atoms with Crippen molar-refractivity contribution in [1.82, 2.24) is 5.32 Å². The van der Waals surface area contributed by atoms with Crippen LogP contribution in [0.4, 0.5) is 5.69 Å². The van der Waals surface area contributed by atoms with E-state index in [2.05, 4.69) is 5.32 Å². The van der Waals surface area contributed by atoms with Crippen LogP contribution in [0.2, 0.25) is 0 Å². The summed E-state index contributed by atoms with van der Waals surface area (Å²) in [6.45, 7) is 1.41. The molecule has 0 aliphatic carbocycles. The molecule has 0 radical (unpaired) electrons. The summed E-state index contributed by atoms with van der Waals surface area (Å²) in [5.74, 6) is -2.15. The lowest BCUT2D eigenvalue weighted by molar-refractivity contribution is -0.384. The van der Waals surface area contributed by atoms with Gasteiger partial charge in [-0.15, -0.1) is 0 Å². The van der Waals surface area contributed by atoms with Crippen molar-refractivity contribution >= 4 is 17.6 Å². The number of nitrogens with zero attached hydrogens (tertiary/aromatic N) is 1. The molecule has 0 heterocycles. The Hall–Kier alpha value is -2.48. The maximum atomic E-state index is 11.7. The Kier molecular flexibility index (Phi) is 4.54. The van der Waals surface area contributed by atoms with Crippen LogP contribution in [0.15, 0.2) is 18.2 Å². The van der Waals surface area contributed by atoms with Crippen molar-refractivity contribution < 1.29 is 24.7 Å². The van der Waals surface area contributed by atoms with E-state index in [1.54, 1.807) is 0 Å².